The molecule has 0 bridgehead atoms. The lowest BCUT2D eigenvalue weighted by Crippen LogP contribution is -2.57. The number of aliphatic hydroxyl groups is 1. The maximum atomic E-state index is 13.6. The molecule has 2 heterocycles. The second-order valence-electron chi connectivity index (χ2n) is 11.6. The van der Waals surface area contributed by atoms with Gasteiger partial charge >= 0.3 is 0 Å². The van der Waals surface area contributed by atoms with Crippen LogP contribution in [-0.4, -0.2) is 57.4 Å². The largest absolute Gasteiger partial charge is 0.391 e. The predicted molar refractivity (Wildman–Crippen MR) is 144 cm³/mol. The van der Waals surface area contributed by atoms with Crippen molar-refractivity contribution in [3.05, 3.63) is 41.0 Å². The average Bonchev–Trinajstić information content (AvgIpc) is 3.40. The molecular formula is C28H38N4O4S. The molecule has 1 aliphatic carbocycles. The lowest BCUT2D eigenvalue weighted by molar-refractivity contribution is -0.143. The van der Waals surface area contributed by atoms with Gasteiger partial charge in [-0.25, -0.2) is 4.98 Å². The van der Waals surface area contributed by atoms with E-state index in [-0.39, 0.29) is 42.0 Å². The van der Waals surface area contributed by atoms with Gasteiger partial charge in [-0.15, -0.1) is 11.3 Å². The lowest BCUT2D eigenvalue weighted by Gasteiger charge is -2.37. The number of β-amino-alcohol motifs (C(OH)–C–C–N with tert-alkyl or cyclic N) is 1. The maximum Gasteiger partial charge on any atom is 0.246 e. The van der Waals surface area contributed by atoms with Gasteiger partial charge in [0.05, 0.1) is 22.2 Å². The second kappa shape index (κ2) is 11.3. The Morgan fingerprint density at radius 2 is 1.89 bits per heavy atom. The van der Waals surface area contributed by atoms with Crippen molar-refractivity contribution in [1.29, 1.82) is 0 Å². The Bertz CT molecular complexity index is 1120. The molecule has 0 radical (unpaired) electrons. The van der Waals surface area contributed by atoms with Crippen molar-refractivity contribution in [1.82, 2.24) is 20.5 Å². The Labute approximate surface area is 222 Å². The molecule has 1 aromatic heterocycles. The van der Waals surface area contributed by atoms with E-state index >= 15 is 0 Å². The van der Waals surface area contributed by atoms with E-state index in [1.54, 1.807) is 11.3 Å². The van der Waals surface area contributed by atoms with E-state index in [0.717, 1.165) is 41.0 Å². The van der Waals surface area contributed by atoms with Gasteiger partial charge in [0.2, 0.25) is 17.7 Å². The summed E-state index contributed by atoms with van der Waals surface area (Å²) in [6, 6.07) is 6.55. The van der Waals surface area contributed by atoms with Crippen molar-refractivity contribution < 1.29 is 19.5 Å². The number of aromatic nitrogens is 1. The molecule has 1 saturated heterocycles. The molecule has 8 nitrogen and oxygen atoms in total. The number of rotatable bonds is 8. The van der Waals surface area contributed by atoms with Crippen LogP contribution in [0.1, 0.15) is 64.1 Å². The molecule has 3 N–H and O–H groups in total. The first-order chi connectivity index (χ1) is 17.5. The van der Waals surface area contributed by atoms with Crippen molar-refractivity contribution in [3.8, 4) is 10.4 Å². The summed E-state index contributed by atoms with van der Waals surface area (Å²) in [5, 5.41) is 16.3. The molecule has 1 aromatic carbocycles. The lowest BCUT2D eigenvalue weighted by atomic mass is 9.78. The van der Waals surface area contributed by atoms with Crippen molar-refractivity contribution in [2.24, 2.45) is 11.3 Å². The Morgan fingerprint density at radius 1 is 1.19 bits per heavy atom. The average molecular weight is 527 g/mol. The summed E-state index contributed by atoms with van der Waals surface area (Å²) in [5.74, 6) is -0.650. The number of benzene rings is 1. The number of amides is 3. The molecule has 1 aliphatic heterocycles. The highest BCUT2D eigenvalue weighted by Gasteiger charge is 2.44. The second-order valence-corrected chi connectivity index (χ2v) is 12.4. The van der Waals surface area contributed by atoms with Gasteiger partial charge in [0, 0.05) is 25.9 Å². The molecule has 9 heteroatoms. The molecule has 200 valence electrons. The first-order valence-electron chi connectivity index (χ1n) is 13.1. The number of carbonyl (C=O) groups excluding carboxylic acids is 3. The third kappa shape index (κ3) is 6.76. The van der Waals surface area contributed by atoms with Gasteiger partial charge in [-0.2, -0.15) is 0 Å². The zero-order valence-electron chi connectivity index (χ0n) is 22.1. The van der Waals surface area contributed by atoms with Crippen LogP contribution in [0.3, 0.4) is 0 Å². The number of hydrogen-bond donors (Lipinski definition) is 3. The van der Waals surface area contributed by atoms with Gasteiger partial charge in [-0.3, -0.25) is 14.4 Å². The van der Waals surface area contributed by atoms with Crippen LogP contribution >= 0.6 is 11.3 Å². The van der Waals surface area contributed by atoms with Gasteiger partial charge < -0.3 is 20.6 Å². The molecule has 2 fully saturated rings. The number of carbonyl (C=O) groups is 3. The standard InChI is InChI=1S/C28H38N4O4S/c1-17-25(37-16-30-17)20-10-8-18(9-11-20)14-29-26(35)22-12-21(33)15-32(22)27(36)24(19-6-5-7-19)31-23(34)13-28(2,3)4/h8-11,16,19,21-22,24,33H,5-7,12-15H2,1-4H3,(H,29,35)(H,31,34). The van der Waals surface area contributed by atoms with E-state index in [9.17, 15) is 19.5 Å². The van der Waals surface area contributed by atoms with Crippen molar-refractivity contribution in [2.45, 2.75) is 84.5 Å². The zero-order chi connectivity index (χ0) is 26.7. The Kier molecular flexibility index (Phi) is 8.33. The SMILES string of the molecule is Cc1ncsc1-c1ccc(CNC(=O)C2CC(O)CN2C(=O)C(NC(=O)CC(C)(C)C)C2CCC2)cc1. The van der Waals surface area contributed by atoms with Crippen LogP contribution in [0.2, 0.25) is 0 Å². The van der Waals surface area contributed by atoms with Gasteiger partial charge in [0.15, 0.2) is 0 Å². The topological polar surface area (TPSA) is 112 Å². The molecule has 3 unspecified atom stereocenters. The van der Waals surface area contributed by atoms with E-state index in [0.29, 0.717) is 13.0 Å². The maximum absolute atomic E-state index is 13.6. The third-order valence-corrected chi connectivity index (χ3v) is 8.17. The Morgan fingerprint density at radius 3 is 2.46 bits per heavy atom. The first-order valence-corrected chi connectivity index (χ1v) is 13.9. The summed E-state index contributed by atoms with van der Waals surface area (Å²) in [5.41, 5.74) is 4.65. The van der Waals surface area contributed by atoms with Crippen LogP contribution in [0.15, 0.2) is 29.8 Å². The fourth-order valence-electron chi connectivity index (χ4n) is 5.01. The van der Waals surface area contributed by atoms with Crippen LogP contribution in [0, 0.1) is 18.3 Å². The number of nitrogens with zero attached hydrogens (tertiary/aromatic N) is 2. The van der Waals surface area contributed by atoms with Crippen molar-refractivity contribution in [2.75, 3.05) is 6.54 Å². The molecule has 3 atom stereocenters. The number of likely N-dealkylation sites (tertiary alicyclic amines) is 1. The van der Waals surface area contributed by atoms with Gasteiger partial charge in [-0.1, -0.05) is 51.5 Å². The highest BCUT2D eigenvalue weighted by Crippen LogP contribution is 2.33. The van der Waals surface area contributed by atoms with Crippen molar-refractivity contribution in [3.63, 3.8) is 0 Å². The third-order valence-electron chi connectivity index (χ3n) is 7.19. The minimum atomic E-state index is -0.769. The summed E-state index contributed by atoms with van der Waals surface area (Å²) in [6.07, 6.45) is 2.50. The first kappa shape index (κ1) is 27.3. The van der Waals surface area contributed by atoms with Gasteiger partial charge in [-0.05, 0) is 42.2 Å². The van der Waals surface area contributed by atoms with E-state index in [1.807, 2.05) is 57.5 Å². The number of thiazole rings is 1. The van der Waals surface area contributed by atoms with Crippen LogP contribution in [0.5, 0.6) is 0 Å². The zero-order valence-corrected chi connectivity index (χ0v) is 22.9. The van der Waals surface area contributed by atoms with Gasteiger partial charge in [0.25, 0.3) is 0 Å². The number of hydrogen-bond acceptors (Lipinski definition) is 6. The summed E-state index contributed by atoms with van der Waals surface area (Å²) in [4.78, 5) is 46.3. The van der Waals surface area contributed by atoms with Gasteiger partial charge in [0.1, 0.15) is 12.1 Å². The minimum absolute atomic E-state index is 0.0681. The van der Waals surface area contributed by atoms with E-state index in [2.05, 4.69) is 15.6 Å². The Balaban J connectivity index is 1.40. The molecule has 4 rings (SSSR count). The van der Waals surface area contributed by atoms with Crippen LogP contribution < -0.4 is 10.6 Å². The van der Waals surface area contributed by atoms with E-state index < -0.39 is 18.2 Å². The summed E-state index contributed by atoms with van der Waals surface area (Å²) in [6.45, 7) is 8.35. The molecule has 2 aliphatic rings. The van der Waals surface area contributed by atoms with Crippen LogP contribution in [0.25, 0.3) is 10.4 Å². The molecule has 1 saturated carbocycles. The molecule has 2 aromatic rings. The van der Waals surface area contributed by atoms with Crippen LogP contribution in [-0.2, 0) is 20.9 Å². The summed E-state index contributed by atoms with van der Waals surface area (Å²) >= 11 is 1.59. The van der Waals surface area contributed by atoms with E-state index in [1.165, 1.54) is 4.90 Å². The molecule has 37 heavy (non-hydrogen) atoms. The summed E-state index contributed by atoms with van der Waals surface area (Å²) in [7, 11) is 0. The molecule has 0 spiro atoms. The molecular weight excluding hydrogens is 488 g/mol. The highest BCUT2D eigenvalue weighted by atomic mass is 32.1. The molecule has 3 amide bonds. The number of aliphatic hydroxyl groups excluding tert-OH is 1. The smallest absolute Gasteiger partial charge is 0.246 e. The predicted octanol–water partition coefficient (Wildman–Crippen LogP) is 3.42. The monoisotopic (exact) mass is 526 g/mol. The fraction of sp³-hybridized carbons (Fsp3) is 0.571. The number of aryl methyl sites for hydroxylation is 1. The quantitative estimate of drug-likeness (QED) is 0.488. The van der Waals surface area contributed by atoms with E-state index in [4.69, 9.17) is 0 Å². The highest BCUT2D eigenvalue weighted by molar-refractivity contribution is 7.13. The fourth-order valence-corrected chi connectivity index (χ4v) is 5.82. The normalized spacial score (nSPS) is 20.8. The van der Waals surface area contributed by atoms with Crippen molar-refractivity contribution >= 4 is 29.1 Å². The summed E-state index contributed by atoms with van der Waals surface area (Å²) < 4.78 is 0. The number of nitrogens with one attached hydrogen (secondary N) is 2. The van der Waals surface area contributed by atoms with Crippen LogP contribution in [0.4, 0.5) is 0 Å². The minimum Gasteiger partial charge on any atom is -0.391 e. The Hall–Kier alpha value is -2.78.